The second kappa shape index (κ2) is 6.77. The van der Waals surface area contributed by atoms with Gasteiger partial charge in [0.2, 0.25) is 0 Å². The molecule has 0 amide bonds. The minimum Gasteiger partial charge on any atom is -0.373 e. The summed E-state index contributed by atoms with van der Waals surface area (Å²) in [6.07, 6.45) is -6.37. The Labute approximate surface area is 117 Å². The van der Waals surface area contributed by atoms with E-state index >= 15 is 0 Å². The van der Waals surface area contributed by atoms with E-state index in [0.29, 0.717) is 0 Å². The molecule has 0 saturated carbocycles. The Morgan fingerprint density at radius 2 is 2.05 bits per heavy atom. The molecule has 0 aromatic rings. The Hall–Kier alpha value is -1.11. The molecule has 1 heterocycles. The standard InChI is InChI=1S/C8H12F3N3O6S/c1-2-18-5-4(3-13-14-12)19-7(15)6(5)20-21(16,17)8(9,10)11/h4-7,15H,2-3H2,1H3/t4-,5+,6-,7?/m1/s1. The highest BCUT2D eigenvalue weighted by Crippen LogP contribution is 2.32. The highest BCUT2D eigenvalue weighted by atomic mass is 32.2. The number of ether oxygens (including phenoxy) is 2. The number of aliphatic hydroxyl groups excluding tert-OH is 1. The van der Waals surface area contributed by atoms with E-state index in [0.717, 1.165) is 0 Å². The van der Waals surface area contributed by atoms with Crippen LogP contribution in [0.2, 0.25) is 0 Å². The third-order valence-electron chi connectivity index (χ3n) is 2.49. The summed E-state index contributed by atoms with van der Waals surface area (Å²) in [4.78, 5) is 2.43. The zero-order chi connectivity index (χ0) is 16.3. The van der Waals surface area contributed by atoms with Crippen molar-refractivity contribution in [3.05, 3.63) is 10.4 Å². The summed E-state index contributed by atoms with van der Waals surface area (Å²) in [6.45, 7) is 1.11. The first-order chi connectivity index (χ1) is 9.64. The summed E-state index contributed by atoms with van der Waals surface area (Å²) >= 11 is 0. The first-order valence-electron chi connectivity index (χ1n) is 5.59. The molecule has 21 heavy (non-hydrogen) atoms. The van der Waals surface area contributed by atoms with Gasteiger partial charge in [0.1, 0.15) is 6.10 Å². The van der Waals surface area contributed by atoms with Crippen molar-refractivity contribution in [2.24, 2.45) is 5.11 Å². The third-order valence-corrected chi connectivity index (χ3v) is 3.53. The van der Waals surface area contributed by atoms with Crippen LogP contribution in [0.25, 0.3) is 10.4 Å². The molecule has 0 aliphatic carbocycles. The van der Waals surface area contributed by atoms with Gasteiger partial charge in [-0.05, 0) is 12.5 Å². The number of nitrogens with zero attached hydrogens (tertiary/aromatic N) is 3. The molecular weight excluding hydrogens is 323 g/mol. The minimum atomic E-state index is -5.93. The van der Waals surface area contributed by atoms with Crippen LogP contribution in [-0.4, -0.2) is 56.8 Å². The number of azide groups is 1. The van der Waals surface area contributed by atoms with Crippen molar-refractivity contribution in [1.29, 1.82) is 0 Å². The third kappa shape index (κ3) is 4.18. The van der Waals surface area contributed by atoms with Gasteiger partial charge in [0.25, 0.3) is 0 Å². The molecule has 0 spiro atoms. The molecule has 13 heteroatoms. The molecule has 0 aromatic heterocycles. The van der Waals surface area contributed by atoms with Crippen LogP contribution in [0.15, 0.2) is 5.11 Å². The van der Waals surface area contributed by atoms with Crippen LogP contribution in [0.4, 0.5) is 13.2 Å². The van der Waals surface area contributed by atoms with Crippen LogP contribution in [0.3, 0.4) is 0 Å². The normalized spacial score (nSPS) is 30.1. The Balaban J connectivity index is 2.95. The van der Waals surface area contributed by atoms with Crippen molar-refractivity contribution in [2.45, 2.75) is 37.0 Å². The lowest BCUT2D eigenvalue weighted by Crippen LogP contribution is -2.42. The number of alkyl halides is 3. The molecule has 1 rings (SSSR count). The number of hydrogen-bond donors (Lipinski definition) is 1. The molecule has 9 nitrogen and oxygen atoms in total. The van der Waals surface area contributed by atoms with Gasteiger partial charge in [0.15, 0.2) is 12.4 Å². The molecule has 0 bridgehead atoms. The van der Waals surface area contributed by atoms with Gasteiger partial charge in [-0.1, -0.05) is 5.11 Å². The highest BCUT2D eigenvalue weighted by Gasteiger charge is 2.54. The lowest BCUT2D eigenvalue weighted by molar-refractivity contribution is -0.124. The number of rotatable bonds is 6. The van der Waals surface area contributed by atoms with Crippen LogP contribution >= 0.6 is 0 Å². The molecule has 1 saturated heterocycles. The van der Waals surface area contributed by atoms with E-state index in [1.807, 2.05) is 0 Å². The SMILES string of the molecule is CCO[C@H]1[C@@H](CN=[N+]=[N-])OC(O)[C@@H]1OS(=O)(=O)C(F)(F)F. The van der Waals surface area contributed by atoms with E-state index < -0.39 is 40.2 Å². The van der Waals surface area contributed by atoms with Crippen LogP contribution in [0.1, 0.15) is 6.92 Å². The number of hydrogen-bond acceptors (Lipinski definition) is 7. The van der Waals surface area contributed by atoms with E-state index in [1.54, 1.807) is 0 Å². The molecule has 1 fully saturated rings. The Bertz CT molecular complexity index is 506. The fourth-order valence-corrected chi connectivity index (χ4v) is 2.28. The average molecular weight is 335 g/mol. The van der Waals surface area contributed by atoms with Crippen molar-refractivity contribution in [1.82, 2.24) is 0 Å². The predicted molar refractivity (Wildman–Crippen MR) is 60.2 cm³/mol. The minimum absolute atomic E-state index is 0.0144. The van der Waals surface area contributed by atoms with Crippen molar-refractivity contribution in [3.63, 3.8) is 0 Å². The maximum atomic E-state index is 12.3. The van der Waals surface area contributed by atoms with Crippen LogP contribution in [0, 0.1) is 0 Å². The Kier molecular flexibility index (Phi) is 5.78. The topological polar surface area (TPSA) is 131 Å². The van der Waals surface area contributed by atoms with Crippen LogP contribution < -0.4 is 0 Å². The first kappa shape index (κ1) is 17.9. The zero-order valence-corrected chi connectivity index (χ0v) is 11.4. The van der Waals surface area contributed by atoms with Gasteiger partial charge in [-0.2, -0.15) is 21.6 Å². The average Bonchev–Trinajstić information content (AvgIpc) is 2.63. The van der Waals surface area contributed by atoms with E-state index in [9.17, 15) is 26.7 Å². The summed E-state index contributed by atoms with van der Waals surface area (Å²) in [5, 5.41) is 12.6. The van der Waals surface area contributed by atoms with Crippen molar-refractivity contribution in [2.75, 3.05) is 13.2 Å². The fourth-order valence-electron chi connectivity index (χ4n) is 1.67. The second-order valence-corrected chi connectivity index (χ2v) is 5.42. The van der Waals surface area contributed by atoms with Gasteiger partial charge in [0, 0.05) is 11.5 Å². The van der Waals surface area contributed by atoms with Crippen molar-refractivity contribution < 1.29 is 40.4 Å². The lowest BCUT2D eigenvalue weighted by Gasteiger charge is -2.22. The summed E-state index contributed by atoms with van der Waals surface area (Å²) in [6, 6.07) is 0. The summed E-state index contributed by atoms with van der Waals surface area (Å²) in [5.41, 5.74) is 2.54. The van der Waals surface area contributed by atoms with E-state index in [2.05, 4.69) is 14.2 Å². The Morgan fingerprint density at radius 1 is 1.43 bits per heavy atom. The highest BCUT2D eigenvalue weighted by molar-refractivity contribution is 7.87. The monoisotopic (exact) mass is 335 g/mol. The van der Waals surface area contributed by atoms with Gasteiger partial charge >= 0.3 is 15.6 Å². The zero-order valence-electron chi connectivity index (χ0n) is 10.6. The molecule has 122 valence electrons. The largest absolute Gasteiger partial charge is 0.523 e. The maximum Gasteiger partial charge on any atom is 0.523 e. The smallest absolute Gasteiger partial charge is 0.373 e. The van der Waals surface area contributed by atoms with Gasteiger partial charge in [-0.25, -0.2) is 0 Å². The van der Waals surface area contributed by atoms with E-state index in [4.69, 9.17) is 15.0 Å². The summed E-state index contributed by atoms with van der Waals surface area (Å²) in [5.74, 6) is 0. The summed E-state index contributed by atoms with van der Waals surface area (Å²) in [7, 11) is -5.93. The lowest BCUT2D eigenvalue weighted by atomic mass is 10.1. The summed E-state index contributed by atoms with van der Waals surface area (Å²) < 4.78 is 72.6. The van der Waals surface area contributed by atoms with Gasteiger partial charge in [-0.3, -0.25) is 4.18 Å². The van der Waals surface area contributed by atoms with Gasteiger partial charge in [-0.15, -0.1) is 0 Å². The first-order valence-corrected chi connectivity index (χ1v) is 7.00. The van der Waals surface area contributed by atoms with Gasteiger partial charge < -0.3 is 14.6 Å². The molecule has 1 unspecified atom stereocenters. The van der Waals surface area contributed by atoms with E-state index in [-0.39, 0.29) is 13.2 Å². The Morgan fingerprint density at radius 3 is 2.52 bits per heavy atom. The predicted octanol–water partition coefficient (Wildman–Crippen LogP) is 0.654. The molecule has 4 atom stereocenters. The quantitative estimate of drug-likeness (QED) is 0.249. The molecule has 0 aromatic carbocycles. The molecule has 1 N–H and O–H groups in total. The van der Waals surface area contributed by atoms with Crippen LogP contribution in [-0.2, 0) is 23.8 Å². The number of aliphatic hydroxyl groups is 1. The molecule has 1 aliphatic heterocycles. The maximum absolute atomic E-state index is 12.3. The number of halogens is 3. The van der Waals surface area contributed by atoms with E-state index in [1.165, 1.54) is 6.92 Å². The molecular formula is C8H12F3N3O6S. The molecule has 0 radical (unpaired) electrons. The van der Waals surface area contributed by atoms with Crippen LogP contribution in [0.5, 0.6) is 0 Å². The second-order valence-electron chi connectivity index (χ2n) is 3.86. The van der Waals surface area contributed by atoms with Gasteiger partial charge in [0.05, 0.1) is 12.6 Å². The van der Waals surface area contributed by atoms with Crippen molar-refractivity contribution >= 4 is 10.1 Å². The molecule has 1 aliphatic rings. The fraction of sp³-hybridized carbons (Fsp3) is 1.00. The van der Waals surface area contributed by atoms with Crippen molar-refractivity contribution in [3.8, 4) is 0 Å².